The summed E-state index contributed by atoms with van der Waals surface area (Å²) in [6.07, 6.45) is -4.42. The van der Waals surface area contributed by atoms with Gasteiger partial charge in [0.1, 0.15) is 0 Å². The molecule has 0 bridgehead atoms. The van der Waals surface area contributed by atoms with Gasteiger partial charge in [0.25, 0.3) is 5.91 Å². The summed E-state index contributed by atoms with van der Waals surface area (Å²) < 4.78 is 39.0. The minimum atomic E-state index is -4.42. The molecule has 0 aliphatic carbocycles. The van der Waals surface area contributed by atoms with E-state index in [1.165, 1.54) is 23.5 Å². The van der Waals surface area contributed by atoms with Crippen molar-refractivity contribution >= 4 is 28.1 Å². The molecule has 0 aliphatic heterocycles. The van der Waals surface area contributed by atoms with Crippen LogP contribution in [0.1, 0.15) is 27.2 Å². The monoisotopic (exact) mass is 391 g/mol. The number of thiazole rings is 1. The molecule has 0 saturated carbocycles. The third kappa shape index (κ3) is 4.85. The molecule has 0 aliphatic rings. The number of nitrogens with zero attached hydrogens (tertiary/aromatic N) is 1. The molecule has 0 atom stereocenters. The van der Waals surface area contributed by atoms with Crippen molar-refractivity contribution in [3.8, 4) is 0 Å². The summed E-state index contributed by atoms with van der Waals surface area (Å²) in [5.74, 6) is -0.286. The van der Waals surface area contributed by atoms with Gasteiger partial charge in [-0.15, -0.1) is 11.3 Å². The maximum absolute atomic E-state index is 13.0. The zero-order chi connectivity index (χ0) is 19.4. The molecule has 2 N–H and O–H groups in total. The number of nitrogens with one attached hydrogen (secondary N) is 2. The van der Waals surface area contributed by atoms with Crippen molar-refractivity contribution in [2.75, 3.05) is 10.6 Å². The number of carbonyl (C=O) groups is 1. The summed E-state index contributed by atoms with van der Waals surface area (Å²) in [5.41, 5.74) is 1.34. The molecule has 1 aromatic heterocycles. The number of alkyl halides is 3. The molecule has 0 spiro atoms. The van der Waals surface area contributed by atoms with Gasteiger partial charge in [0, 0.05) is 23.2 Å². The lowest BCUT2D eigenvalue weighted by Gasteiger charge is -2.14. The second-order valence-corrected chi connectivity index (χ2v) is 6.70. The van der Waals surface area contributed by atoms with Gasteiger partial charge in [-0.05, 0) is 36.8 Å². The molecule has 8 heteroatoms. The lowest BCUT2D eigenvalue weighted by molar-refractivity contribution is -0.137. The predicted molar refractivity (Wildman–Crippen MR) is 100 cm³/mol. The van der Waals surface area contributed by atoms with E-state index in [1.807, 2.05) is 12.3 Å². The van der Waals surface area contributed by atoms with E-state index in [0.29, 0.717) is 10.7 Å². The first-order valence-electron chi connectivity index (χ1n) is 8.05. The summed E-state index contributed by atoms with van der Waals surface area (Å²) in [6.45, 7) is 2.05. The van der Waals surface area contributed by atoms with Crippen molar-refractivity contribution < 1.29 is 18.0 Å². The summed E-state index contributed by atoms with van der Waals surface area (Å²) in [7, 11) is 0. The summed E-state index contributed by atoms with van der Waals surface area (Å²) in [6, 6.07) is 12.0. The first-order chi connectivity index (χ1) is 12.8. The Labute approximate surface area is 158 Å². The van der Waals surface area contributed by atoms with Gasteiger partial charge in [-0.25, -0.2) is 4.98 Å². The minimum absolute atomic E-state index is 0.0194. The number of hydrogen-bond acceptors (Lipinski definition) is 4. The second kappa shape index (κ2) is 7.79. The van der Waals surface area contributed by atoms with Crippen molar-refractivity contribution in [3.05, 3.63) is 76.3 Å². The fourth-order valence-corrected chi connectivity index (χ4v) is 3.12. The van der Waals surface area contributed by atoms with Crippen molar-refractivity contribution in [2.24, 2.45) is 0 Å². The third-order valence-electron chi connectivity index (χ3n) is 3.77. The van der Waals surface area contributed by atoms with Gasteiger partial charge in [0.2, 0.25) is 0 Å². The average molecular weight is 391 g/mol. The van der Waals surface area contributed by atoms with Crippen molar-refractivity contribution in [3.63, 3.8) is 0 Å². The van der Waals surface area contributed by atoms with Gasteiger partial charge in [-0.1, -0.05) is 24.3 Å². The Hall–Kier alpha value is -2.87. The van der Waals surface area contributed by atoms with Gasteiger partial charge in [-0.3, -0.25) is 10.1 Å². The molecule has 2 aromatic carbocycles. The van der Waals surface area contributed by atoms with E-state index < -0.39 is 11.7 Å². The molecule has 140 valence electrons. The number of aromatic nitrogens is 1. The van der Waals surface area contributed by atoms with Gasteiger partial charge < -0.3 is 5.32 Å². The zero-order valence-electron chi connectivity index (χ0n) is 14.3. The molecule has 0 unspecified atom stereocenters. The van der Waals surface area contributed by atoms with Crippen LogP contribution in [0.5, 0.6) is 0 Å². The largest absolute Gasteiger partial charge is 0.418 e. The maximum Gasteiger partial charge on any atom is 0.418 e. The molecule has 3 aromatic rings. The maximum atomic E-state index is 13.0. The van der Waals surface area contributed by atoms with Gasteiger partial charge >= 0.3 is 6.18 Å². The van der Waals surface area contributed by atoms with Crippen molar-refractivity contribution in [1.82, 2.24) is 4.98 Å². The summed E-state index contributed by atoms with van der Waals surface area (Å²) >= 11 is 1.34. The minimum Gasteiger partial charge on any atom is -0.380 e. The molecule has 1 heterocycles. The molecular weight excluding hydrogens is 375 g/mol. The number of hydrogen-bond donors (Lipinski definition) is 2. The van der Waals surface area contributed by atoms with Crippen LogP contribution in [0.15, 0.2) is 53.9 Å². The molecule has 0 radical (unpaired) electrons. The van der Waals surface area contributed by atoms with E-state index in [9.17, 15) is 18.0 Å². The topological polar surface area (TPSA) is 54.0 Å². The highest BCUT2D eigenvalue weighted by molar-refractivity contribution is 7.13. The number of halogens is 3. The van der Waals surface area contributed by atoms with E-state index in [0.717, 1.165) is 17.3 Å². The third-order valence-corrected chi connectivity index (χ3v) is 4.65. The lowest BCUT2D eigenvalue weighted by Crippen LogP contribution is -2.12. The molecule has 0 fully saturated rings. The number of anilines is 2. The van der Waals surface area contributed by atoms with Crippen LogP contribution < -0.4 is 10.6 Å². The normalized spacial score (nSPS) is 11.3. The molecule has 4 nitrogen and oxygen atoms in total. The Kier molecular flexibility index (Phi) is 5.46. The van der Waals surface area contributed by atoms with Crippen LogP contribution in [0.2, 0.25) is 0 Å². The highest BCUT2D eigenvalue weighted by Gasteiger charge is 2.33. The number of benzene rings is 2. The van der Waals surface area contributed by atoms with Crippen LogP contribution in [0.25, 0.3) is 0 Å². The first-order valence-corrected chi connectivity index (χ1v) is 8.93. The fraction of sp³-hybridized carbons (Fsp3) is 0.158. The first kappa shape index (κ1) is 18.9. The Bertz CT molecular complexity index is 936. The average Bonchev–Trinajstić information content (AvgIpc) is 3.04. The fourth-order valence-electron chi connectivity index (χ4n) is 2.44. The summed E-state index contributed by atoms with van der Waals surface area (Å²) in [5, 5.41) is 7.86. The molecule has 3 rings (SSSR count). The molecular formula is C19H16F3N3OS. The zero-order valence-corrected chi connectivity index (χ0v) is 15.1. The van der Waals surface area contributed by atoms with Gasteiger partial charge in [-0.2, -0.15) is 13.2 Å². The van der Waals surface area contributed by atoms with Gasteiger partial charge in [0.05, 0.1) is 11.3 Å². The van der Waals surface area contributed by atoms with Crippen LogP contribution in [0.3, 0.4) is 0 Å². The predicted octanol–water partition coefficient (Wildman–Crippen LogP) is 5.33. The molecule has 27 heavy (non-hydrogen) atoms. The highest BCUT2D eigenvalue weighted by atomic mass is 32.1. The number of carbonyl (C=O) groups excluding carboxylic acids is 1. The number of para-hydroxylation sites is 1. The van der Waals surface area contributed by atoms with Crippen molar-refractivity contribution in [1.29, 1.82) is 0 Å². The van der Waals surface area contributed by atoms with Crippen LogP contribution in [0.4, 0.5) is 24.0 Å². The molecule has 0 saturated heterocycles. The number of aryl methyl sites for hydroxylation is 1. The van der Waals surface area contributed by atoms with E-state index in [1.54, 1.807) is 30.3 Å². The van der Waals surface area contributed by atoms with E-state index in [-0.39, 0.29) is 18.1 Å². The Morgan fingerprint density at radius 3 is 2.44 bits per heavy atom. The standard InChI is InChI=1S/C19H16F3N3OS/c1-12-11-27-18(24-12)25-17(26)14-8-6-13(7-9-14)10-23-16-5-3-2-4-15(16)19(20,21)22/h2-9,11,23H,10H2,1H3,(H,24,25,26). The van der Waals surface area contributed by atoms with Crippen LogP contribution in [0, 0.1) is 6.92 Å². The smallest absolute Gasteiger partial charge is 0.380 e. The van der Waals surface area contributed by atoms with E-state index >= 15 is 0 Å². The van der Waals surface area contributed by atoms with E-state index in [2.05, 4.69) is 15.6 Å². The van der Waals surface area contributed by atoms with Crippen LogP contribution in [-0.2, 0) is 12.7 Å². The molecule has 1 amide bonds. The highest BCUT2D eigenvalue weighted by Crippen LogP contribution is 2.34. The van der Waals surface area contributed by atoms with Crippen LogP contribution in [-0.4, -0.2) is 10.9 Å². The number of rotatable bonds is 5. The van der Waals surface area contributed by atoms with Crippen molar-refractivity contribution in [2.45, 2.75) is 19.6 Å². The summed E-state index contributed by atoms with van der Waals surface area (Å²) in [4.78, 5) is 16.4. The SMILES string of the molecule is Cc1csc(NC(=O)c2ccc(CNc3ccccc3C(F)(F)F)cc2)n1. The number of amides is 1. The lowest BCUT2D eigenvalue weighted by atomic mass is 10.1. The van der Waals surface area contributed by atoms with E-state index in [4.69, 9.17) is 0 Å². The Balaban J connectivity index is 1.64. The van der Waals surface area contributed by atoms with Gasteiger partial charge in [0.15, 0.2) is 5.13 Å². The second-order valence-electron chi connectivity index (χ2n) is 5.84. The van der Waals surface area contributed by atoms with Crippen LogP contribution >= 0.6 is 11.3 Å². The Morgan fingerprint density at radius 1 is 1.11 bits per heavy atom. The quantitative estimate of drug-likeness (QED) is 0.618. The Morgan fingerprint density at radius 2 is 1.81 bits per heavy atom.